The molecule has 3 rings (SSSR count). The Labute approximate surface area is 176 Å². The third kappa shape index (κ3) is 5.88. The molecular formula is C19H25IN4O3. The van der Waals surface area contributed by atoms with Crippen LogP contribution in [-0.2, 0) is 6.54 Å². The van der Waals surface area contributed by atoms with Crippen LogP contribution in [-0.4, -0.2) is 31.3 Å². The summed E-state index contributed by atoms with van der Waals surface area (Å²) in [5.41, 5.74) is 7.69. The zero-order chi connectivity index (χ0) is 18.4. The third-order valence-corrected chi connectivity index (χ3v) is 4.24. The fourth-order valence-electron chi connectivity index (χ4n) is 2.54. The number of ether oxygens (including phenoxy) is 3. The molecule has 1 aliphatic rings. The minimum Gasteiger partial charge on any atom is -0.497 e. The molecule has 1 aliphatic carbocycles. The lowest BCUT2D eigenvalue weighted by Crippen LogP contribution is -2.25. The number of methoxy groups -OCH3 is 2. The number of anilines is 1. The molecule has 0 radical (unpaired) electrons. The van der Waals surface area contributed by atoms with Gasteiger partial charge in [-0.1, -0.05) is 0 Å². The Morgan fingerprint density at radius 3 is 2.70 bits per heavy atom. The van der Waals surface area contributed by atoms with Gasteiger partial charge in [0.05, 0.1) is 26.5 Å². The number of guanidine groups is 1. The molecule has 3 N–H and O–H groups in total. The first-order valence-corrected chi connectivity index (χ1v) is 8.58. The van der Waals surface area contributed by atoms with E-state index in [4.69, 9.17) is 19.9 Å². The Kier molecular flexibility index (Phi) is 7.96. The van der Waals surface area contributed by atoms with Crippen molar-refractivity contribution in [3.05, 3.63) is 42.1 Å². The Morgan fingerprint density at radius 1 is 1.22 bits per heavy atom. The summed E-state index contributed by atoms with van der Waals surface area (Å²) in [6, 6.07) is 9.23. The smallest absolute Gasteiger partial charge is 0.213 e. The van der Waals surface area contributed by atoms with E-state index < -0.39 is 0 Å². The van der Waals surface area contributed by atoms with Crippen LogP contribution >= 0.6 is 24.0 Å². The highest BCUT2D eigenvalue weighted by molar-refractivity contribution is 14.0. The van der Waals surface area contributed by atoms with Crippen LogP contribution in [0.3, 0.4) is 0 Å². The molecule has 8 heteroatoms. The van der Waals surface area contributed by atoms with Crippen molar-refractivity contribution in [2.24, 2.45) is 10.7 Å². The van der Waals surface area contributed by atoms with Gasteiger partial charge in [0.25, 0.3) is 0 Å². The number of hydrogen-bond acceptors (Lipinski definition) is 5. The number of nitrogens with one attached hydrogen (secondary N) is 1. The maximum absolute atomic E-state index is 6.01. The van der Waals surface area contributed by atoms with Crippen molar-refractivity contribution in [3.8, 4) is 17.4 Å². The van der Waals surface area contributed by atoms with E-state index >= 15 is 0 Å². The second-order valence-corrected chi connectivity index (χ2v) is 6.07. The zero-order valence-electron chi connectivity index (χ0n) is 15.5. The molecule has 0 spiro atoms. The number of nitrogens with zero attached hydrogens (tertiary/aromatic N) is 2. The summed E-state index contributed by atoms with van der Waals surface area (Å²) >= 11 is 0. The fourth-order valence-corrected chi connectivity index (χ4v) is 2.54. The van der Waals surface area contributed by atoms with Crippen molar-refractivity contribution in [3.63, 3.8) is 0 Å². The first kappa shape index (κ1) is 21.1. The molecule has 1 heterocycles. The first-order chi connectivity index (χ1) is 12.7. The lowest BCUT2D eigenvalue weighted by atomic mass is 9.96. The monoisotopic (exact) mass is 484 g/mol. The number of aromatic nitrogens is 1. The molecule has 0 bridgehead atoms. The van der Waals surface area contributed by atoms with Crippen molar-refractivity contribution in [1.29, 1.82) is 0 Å². The average molecular weight is 484 g/mol. The first-order valence-electron chi connectivity index (χ1n) is 8.58. The van der Waals surface area contributed by atoms with Crippen molar-refractivity contribution < 1.29 is 14.2 Å². The van der Waals surface area contributed by atoms with Gasteiger partial charge in [0.1, 0.15) is 17.6 Å². The van der Waals surface area contributed by atoms with Gasteiger partial charge in [-0.25, -0.2) is 9.98 Å². The standard InChI is InChI=1S/C19H24N4O3.HI/c1-24-15-6-7-17(25-2)16(11-15)23-19(20)22-12-13-8-9-21-18(10-13)26-14-4-3-5-14;/h6-11,14H,3-5,12H2,1-2H3,(H3,20,22,23);1H. The second kappa shape index (κ2) is 10.2. The maximum atomic E-state index is 6.01. The number of hydrogen-bond donors (Lipinski definition) is 2. The van der Waals surface area contributed by atoms with Gasteiger partial charge < -0.3 is 25.3 Å². The normalized spacial score (nSPS) is 13.9. The Morgan fingerprint density at radius 2 is 2.04 bits per heavy atom. The molecular weight excluding hydrogens is 459 g/mol. The van der Waals surface area contributed by atoms with Crippen molar-refractivity contribution in [1.82, 2.24) is 4.98 Å². The number of nitrogens with two attached hydrogens (primary N) is 1. The van der Waals surface area contributed by atoms with Crippen LogP contribution in [0.4, 0.5) is 5.69 Å². The quantitative estimate of drug-likeness (QED) is 0.355. The van der Waals surface area contributed by atoms with Crippen LogP contribution < -0.4 is 25.3 Å². The number of rotatable bonds is 7. The summed E-state index contributed by atoms with van der Waals surface area (Å²) in [5.74, 6) is 2.29. The van der Waals surface area contributed by atoms with Gasteiger partial charge in [0.2, 0.25) is 5.88 Å². The Hall–Kier alpha value is -2.23. The number of aliphatic imine (C=N–C) groups is 1. The van der Waals surface area contributed by atoms with Crippen LogP contribution in [0.25, 0.3) is 0 Å². The molecule has 146 valence electrons. The summed E-state index contributed by atoms with van der Waals surface area (Å²) in [7, 11) is 3.21. The summed E-state index contributed by atoms with van der Waals surface area (Å²) < 4.78 is 16.4. The van der Waals surface area contributed by atoms with E-state index in [-0.39, 0.29) is 29.9 Å². The Bertz CT molecular complexity index is 781. The van der Waals surface area contributed by atoms with Crippen LogP contribution in [0, 0.1) is 0 Å². The molecule has 1 fully saturated rings. The Balaban J connectivity index is 0.00000261. The zero-order valence-corrected chi connectivity index (χ0v) is 17.8. The molecule has 27 heavy (non-hydrogen) atoms. The lowest BCUT2D eigenvalue weighted by molar-refractivity contribution is 0.114. The predicted octanol–water partition coefficient (Wildman–Crippen LogP) is 3.57. The summed E-state index contributed by atoms with van der Waals surface area (Å²) in [6.07, 6.45) is 5.46. The van der Waals surface area contributed by atoms with E-state index in [0.717, 1.165) is 18.4 Å². The molecule has 0 unspecified atom stereocenters. The van der Waals surface area contributed by atoms with E-state index in [1.165, 1.54) is 6.42 Å². The lowest BCUT2D eigenvalue weighted by Gasteiger charge is -2.25. The molecule has 2 aromatic rings. The number of pyridine rings is 1. The summed E-state index contributed by atoms with van der Waals surface area (Å²) in [5, 5.41) is 3.05. The van der Waals surface area contributed by atoms with Gasteiger partial charge in [-0.15, -0.1) is 24.0 Å². The molecule has 1 aromatic heterocycles. The van der Waals surface area contributed by atoms with Crippen LogP contribution in [0.15, 0.2) is 41.5 Å². The second-order valence-electron chi connectivity index (χ2n) is 6.07. The molecule has 1 saturated carbocycles. The van der Waals surface area contributed by atoms with E-state index in [1.807, 2.05) is 18.2 Å². The van der Waals surface area contributed by atoms with Gasteiger partial charge in [0.15, 0.2) is 5.96 Å². The van der Waals surface area contributed by atoms with E-state index in [2.05, 4.69) is 15.3 Å². The van der Waals surface area contributed by atoms with Crippen molar-refractivity contribution >= 4 is 35.6 Å². The maximum Gasteiger partial charge on any atom is 0.213 e. The van der Waals surface area contributed by atoms with E-state index in [0.29, 0.717) is 35.7 Å². The van der Waals surface area contributed by atoms with Crippen molar-refractivity contribution in [2.75, 3.05) is 19.5 Å². The largest absolute Gasteiger partial charge is 0.497 e. The van der Waals surface area contributed by atoms with Crippen molar-refractivity contribution in [2.45, 2.75) is 31.9 Å². The van der Waals surface area contributed by atoms with Gasteiger partial charge in [-0.2, -0.15) is 0 Å². The summed E-state index contributed by atoms with van der Waals surface area (Å²) in [6.45, 7) is 0.425. The molecule has 0 aliphatic heterocycles. The van der Waals surface area contributed by atoms with E-state index in [1.54, 1.807) is 32.5 Å². The van der Waals surface area contributed by atoms with Crippen LogP contribution in [0.5, 0.6) is 17.4 Å². The van der Waals surface area contributed by atoms with Crippen LogP contribution in [0.1, 0.15) is 24.8 Å². The predicted molar refractivity (Wildman–Crippen MR) is 116 cm³/mol. The van der Waals surface area contributed by atoms with Gasteiger partial charge in [0, 0.05) is 18.3 Å². The van der Waals surface area contributed by atoms with Gasteiger partial charge in [-0.05, 0) is 43.0 Å². The number of halogens is 1. The molecule has 0 saturated heterocycles. The van der Waals surface area contributed by atoms with E-state index in [9.17, 15) is 0 Å². The average Bonchev–Trinajstić information content (AvgIpc) is 2.63. The fraction of sp³-hybridized carbons (Fsp3) is 0.368. The molecule has 1 aromatic carbocycles. The number of benzene rings is 1. The highest BCUT2D eigenvalue weighted by Gasteiger charge is 2.19. The minimum absolute atomic E-state index is 0. The molecule has 0 amide bonds. The topological polar surface area (TPSA) is 91.0 Å². The summed E-state index contributed by atoms with van der Waals surface area (Å²) in [4.78, 5) is 8.63. The highest BCUT2D eigenvalue weighted by Crippen LogP contribution is 2.28. The molecule has 7 nitrogen and oxygen atoms in total. The van der Waals surface area contributed by atoms with Gasteiger partial charge >= 0.3 is 0 Å². The highest BCUT2D eigenvalue weighted by atomic mass is 127. The SMILES string of the molecule is COc1ccc(OC)c(NC(N)=NCc2ccnc(OC3CCC3)c2)c1.I. The third-order valence-electron chi connectivity index (χ3n) is 4.24. The minimum atomic E-state index is 0. The molecule has 0 atom stereocenters. The van der Waals surface area contributed by atoms with Gasteiger partial charge in [-0.3, -0.25) is 0 Å². The van der Waals surface area contributed by atoms with Crippen LogP contribution in [0.2, 0.25) is 0 Å².